The number of nitrogens with two attached hydrogens (primary N) is 1. The molecular weight excluding hydrogens is 252 g/mol. The molecule has 0 radical (unpaired) electrons. The Bertz CT molecular complexity index is 278. The highest BCUT2D eigenvalue weighted by Gasteiger charge is 2.32. The third kappa shape index (κ3) is 3.84. The van der Waals surface area contributed by atoms with Crippen LogP contribution in [0.25, 0.3) is 0 Å². The van der Waals surface area contributed by atoms with Crippen LogP contribution in [0.5, 0.6) is 0 Å². The Hall–Kier alpha value is -0.320. The minimum Gasteiger partial charge on any atom is -0.372 e. The molecule has 4 nitrogen and oxygen atoms in total. The van der Waals surface area contributed by atoms with Crippen LogP contribution in [0.15, 0.2) is 0 Å². The van der Waals surface area contributed by atoms with E-state index < -0.39 is 0 Å². The van der Waals surface area contributed by atoms with Crippen molar-refractivity contribution in [3.63, 3.8) is 0 Å². The zero-order chi connectivity index (χ0) is 12.4. The lowest BCUT2D eigenvalue weighted by Gasteiger charge is -2.38. The van der Waals surface area contributed by atoms with Gasteiger partial charge in [-0.3, -0.25) is 4.79 Å². The average Bonchev–Trinajstić information content (AvgIpc) is 2.26. The quantitative estimate of drug-likeness (QED) is 0.791. The van der Waals surface area contributed by atoms with Gasteiger partial charge in [-0.25, -0.2) is 0 Å². The van der Waals surface area contributed by atoms with Crippen LogP contribution in [0.4, 0.5) is 0 Å². The number of carbonyl (C=O) groups excluding carboxylic acids is 1. The van der Waals surface area contributed by atoms with E-state index in [0.29, 0.717) is 5.91 Å². The minimum atomic E-state index is 0. The molecule has 2 fully saturated rings. The Balaban J connectivity index is 0.00000162. The SMILES string of the molecule is CC1CN(C(=O)C2CCCC(N)C2)CC(C)O1.Cl. The topological polar surface area (TPSA) is 55.6 Å². The number of carbonyl (C=O) groups is 1. The average molecular weight is 277 g/mol. The second-order valence-electron chi connectivity index (χ2n) is 5.62. The van der Waals surface area contributed by atoms with E-state index in [9.17, 15) is 4.79 Å². The van der Waals surface area contributed by atoms with Gasteiger partial charge >= 0.3 is 0 Å². The minimum absolute atomic E-state index is 0. The molecule has 0 aromatic carbocycles. The Morgan fingerprint density at radius 1 is 1.22 bits per heavy atom. The lowest BCUT2D eigenvalue weighted by atomic mass is 9.85. The van der Waals surface area contributed by atoms with Crippen molar-refractivity contribution in [2.75, 3.05) is 13.1 Å². The smallest absolute Gasteiger partial charge is 0.225 e. The summed E-state index contributed by atoms with van der Waals surface area (Å²) in [5, 5.41) is 0. The fraction of sp³-hybridized carbons (Fsp3) is 0.923. The molecule has 1 aliphatic heterocycles. The van der Waals surface area contributed by atoms with E-state index >= 15 is 0 Å². The monoisotopic (exact) mass is 276 g/mol. The van der Waals surface area contributed by atoms with Gasteiger partial charge in [-0.1, -0.05) is 6.42 Å². The van der Waals surface area contributed by atoms with Crippen molar-refractivity contribution in [2.24, 2.45) is 11.7 Å². The molecule has 4 atom stereocenters. The third-order valence-corrected chi connectivity index (χ3v) is 3.80. The molecule has 1 saturated carbocycles. The Kier molecular flexibility index (Phi) is 5.89. The highest BCUT2D eigenvalue weighted by atomic mass is 35.5. The van der Waals surface area contributed by atoms with Crippen LogP contribution in [0.3, 0.4) is 0 Å². The molecule has 2 N–H and O–H groups in total. The van der Waals surface area contributed by atoms with Gasteiger partial charge in [0.15, 0.2) is 0 Å². The van der Waals surface area contributed by atoms with Crippen molar-refractivity contribution < 1.29 is 9.53 Å². The molecule has 106 valence electrons. The first-order chi connectivity index (χ1) is 8.06. The van der Waals surface area contributed by atoms with Crippen LogP contribution in [0.2, 0.25) is 0 Å². The van der Waals surface area contributed by atoms with E-state index in [2.05, 4.69) is 0 Å². The molecular formula is C13H25ClN2O2. The van der Waals surface area contributed by atoms with Gasteiger partial charge in [0.1, 0.15) is 0 Å². The van der Waals surface area contributed by atoms with Gasteiger partial charge in [0.25, 0.3) is 0 Å². The number of halogens is 1. The maximum Gasteiger partial charge on any atom is 0.225 e. The highest BCUT2D eigenvalue weighted by Crippen LogP contribution is 2.26. The lowest BCUT2D eigenvalue weighted by Crippen LogP contribution is -2.51. The molecule has 0 bridgehead atoms. The molecule has 1 saturated heterocycles. The number of morpholine rings is 1. The van der Waals surface area contributed by atoms with E-state index in [1.165, 1.54) is 0 Å². The van der Waals surface area contributed by atoms with Crippen LogP contribution in [0, 0.1) is 5.92 Å². The molecule has 4 unspecified atom stereocenters. The van der Waals surface area contributed by atoms with E-state index in [4.69, 9.17) is 10.5 Å². The number of hydrogen-bond donors (Lipinski definition) is 1. The summed E-state index contributed by atoms with van der Waals surface area (Å²) in [7, 11) is 0. The second kappa shape index (κ2) is 6.73. The van der Waals surface area contributed by atoms with Gasteiger partial charge in [-0.05, 0) is 33.1 Å². The van der Waals surface area contributed by atoms with Crippen molar-refractivity contribution in [2.45, 2.75) is 57.8 Å². The van der Waals surface area contributed by atoms with Crippen LogP contribution in [-0.4, -0.2) is 42.1 Å². The molecule has 2 aliphatic rings. The van der Waals surface area contributed by atoms with Crippen LogP contribution in [-0.2, 0) is 9.53 Å². The Morgan fingerprint density at radius 2 is 1.83 bits per heavy atom. The molecule has 1 heterocycles. The van der Waals surface area contributed by atoms with E-state index in [0.717, 1.165) is 38.8 Å². The van der Waals surface area contributed by atoms with Gasteiger partial charge in [0.2, 0.25) is 5.91 Å². The predicted molar refractivity (Wildman–Crippen MR) is 73.8 cm³/mol. The van der Waals surface area contributed by atoms with Crippen molar-refractivity contribution in [3.05, 3.63) is 0 Å². The number of ether oxygens (including phenoxy) is 1. The van der Waals surface area contributed by atoms with Crippen molar-refractivity contribution in [3.8, 4) is 0 Å². The molecule has 2 rings (SSSR count). The fourth-order valence-corrected chi connectivity index (χ4v) is 3.07. The maximum absolute atomic E-state index is 12.4. The summed E-state index contributed by atoms with van der Waals surface area (Å²) in [6.45, 7) is 5.52. The first kappa shape index (κ1) is 15.7. The summed E-state index contributed by atoms with van der Waals surface area (Å²) in [6.07, 6.45) is 4.33. The summed E-state index contributed by atoms with van der Waals surface area (Å²) in [5.41, 5.74) is 5.95. The standard InChI is InChI=1S/C13H24N2O2.ClH/c1-9-7-15(8-10(2)17-9)13(16)11-4-3-5-12(14)6-11;/h9-12H,3-8,14H2,1-2H3;1H. The van der Waals surface area contributed by atoms with Crippen molar-refractivity contribution in [1.82, 2.24) is 4.90 Å². The predicted octanol–water partition coefficient (Wildman–Crippen LogP) is 1.56. The van der Waals surface area contributed by atoms with Crippen LogP contribution >= 0.6 is 12.4 Å². The van der Waals surface area contributed by atoms with Gasteiger partial charge in [0, 0.05) is 25.0 Å². The highest BCUT2D eigenvalue weighted by molar-refractivity contribution is 5.85. The van der Waals surface area contributed by atoms with E-state index in [1.54, 1.807) is 0 Å². The van der Waals surface area contributed by atoms with Gasteiger partial charge in [-0.2, -0.15) is 0 Å². The molecule has 1 amide bonds. The normalized spacial score (nSPS) is 36.9. The van der Waals surface area contributed by atoms with Gasteiger partial charge in [0.05, 0.1) is 12.2 Å². The Morgan fingerprint density at radius 3 is 2.39 bits per heavy atom. The molecule has 0 aromatic rings. The summed E-state index contributed by atoms with van der Waals surface area (Å²) in [4.78, 5) is 14.4. The number of amides is 1. The van der Waals surface area contributed by atoms with Crippen LogP contribution in [0.1, 0.15) is 39.5 Å². The molecule has 18 heavy (non-hydrogen) atoms. The molecule has 1 aliphatic carbocycles. The summed E-state index contributed by atoms with van der Waals surface area (Å²) < 4.78 is 5.66. The maximum atomic E-state index is 12.4. The Labute approximate surface area is 116 Å². The van der Waals surface area contributed by atoms with Gasteiger partial charge in [-0.15, -0.1) is 12.4 Å². The zero-order valence-corrected chi connectivity index (χ0v) is 12.1. The summed E-state index contributed by atoms with van der Waals surface area (Å²) in [6, 6.07) is 0.216. The van der Waals surface area contributed by atoms with Crippen LogP contribution < -0.4 is 5.73 Å². The fourth-order valence-electron chi connectivity index (χ4n) is 3.07. The molecule has 0 aromatic heterocycles. The third-order valence-electron chi connectivity index (χ3n) is 3.80. The van der Waals surface area contributed by atoms with Crippen molar-refractivity contribution >= 4 is 18.3 Å². The number of rotatable bonds is 1. The van der Waals surface area contributed by atoms with E-state index in [1.807, 2.05) is 18.7 Å². The van der Waals surface area contributed by atoms with Crippen molar-refractivity contribution in [1.29, 1.82) is 0 Å². The van der Waals surface area contributed by atoms with E-state index in [-0.39, 0.29) is 36.6 Å². The largest absolute Gasteiger partial charge is 0.372 e. The zero-order valence-electron chi connectivity index (χ0n) is 11.3. The first-order valence-corrected chi connectivity index (χ1v) is 6.76. The first-order valence-electron chi connectivity index (χ1n) is 6.76. The molecule has 5 heteroatoms. The summed E-state index contributed by atoms with van der Waals surface area (Å²) in [5.74, 6) is 0.443. The lowest BCUT2D eigenvalue weighted by molar-refractivity contribution is -0.148. The summed E-state index contributed by atoms with van der Waals surface area (Å²) >= 11 is 0. The molecule has 0 spiro atoms. The second-order valence-corrected chi connectivity index (χ2v) is 5.62. The number of hydrogen-bond acceptors (Lipinski definition) is 3. The number of nitrogens with zero attached hydrogens (tertiary/aromatic N) is 1. The van der Waals surface area contributed by atoms with Gasteiger partial charge < -0.3 is 15.4 Å².